The Hall–Kier alpha value is -1.49. The van der Waals surface area contributed by atoms with Crippen molar-refractivity contribution >= 4 is 37.8 Å². The first-order valence-corrected chi connectivity index (χ1v) is 11.2. The summed E-state index contributed by atoms with van der Waals surface area (Å²) in [4.78, 5) is 26.3. The Kier molecular flexibility index (Phi) is 7.99. The number of carbonyl (C=O) groups is 2. The predicted molar refractivity (Wildman–Crippen MR) is 106 cm³/mol. The fourth-order valence-electron chi connectivity index (χ4n) is 2.66. The van der Waals surface area contributed by atoms with Gasteiger partial charge in [0.25, 0.3) is 5.91 Å². The van der Waals surface area contributed by atoms with Gasteiger partial charge in [0.1, 0.15) is 6.04 Å². The second-order valence-corrected chi connectivity index (χ2v) is 9.56. The number of nitrogens with zero attached hydrogens (tertiary/aromatic N) is 1. The van der Waals surface area contributed by atoms with Crippen molar-refractivity contribution in [2.45, 2.75) is 37.8 Å². The van der Waals surface area contributed by atoms with E-state index in [4.69, 9.17) is 9.47 Å². The smallest absolute Gasteiger partial charge is 0.324 e. The van der Waals surface area contributed by atoms with Crippen LogP contribution in [0, 0.1) is 5.92 Å². The number of morpholine rings is 1. The van der Waals surface area contributed by atoms with Gasteiger partial charge in [0.15, 0.2) is 6.61 Å². The summed E-state index contributed by atoms with van der Waals surface area (Å²) in [6.45, 7) is 6.11. The summed E-state index contributed by atoms with van der Waals surface area (Å²) in [7, 11) is -3.92. The second kappa shape index (κ2) is 9.82. The van der Waals surface area contributed by atoms with Crippen molar-refractivity contribution in [3.05, 3.63) is 28.7 Å². The standard InChI is InChI=1S/C18H25BrN2O6S/c1-12(2)17(20-28(24,25)15-6-4-14(19)5-7-15)18(23)27-11-16(22)21-8-9-26-13(3)10-21/h4-7,12-13,17,20H,8-11H2,1-3H3/t13?,17-/m0/s1. The molecule has 1 aliphatic rings. The molecule has 0 aromatic heterocycles. The molecule has 1 fully saturated rings. The Morgan fingerprint density at radius 1 is 1.32 bits per heavy atom. The molecule has 0 radical (unpaired) electrons. The fraction of sp³-hybridized carbons (Fsp3) is 0.556. The summed E-state index contributed by atoms with van der Waals surface area (Å²) < 4.78 is 38.7. The molecule has 0 saturated carbocycles. The van der Waals surface area contributed by atoms with Crippen LogP contribution in [-0.4, -0.2) is 63.6 Å². The Labute approximate surface area is 173 Å². The fourth-order valence-corrected chi connectivity index (χ4v) is 4.26. The average molecular weight is 477 g/mol. The third-order valence-corrected chi connectivity index (χ3v) is 6.24. The summed E-state index contributed by atoms with van der Waals surface area (Å²) in [5.41, 5.74) is 0. The Morgan fingerprint density at radius 2 is 1.96 bits per heavy atom. The maximum absolute atomic E-state index is 12.6. The zero-order valence-electron chi connectivity index (χ0n) is 16.1. The highest BCUT2D eigenvalue weighted by Gasteiger charge is 2.31. The molecule has 1 aliphatic heterocycles. The number of carbonyl (C=O) groups excluding carboxylic acids is 2. The number of rotatable bonds is 7. The third kappa shape index (κ3) is 6.26. The van der Waals surface area contributed by atoms with Crippen LogP contribution in [0.2, 0.25) is 0 Å². The lowest BCUT2D eigenvalue weighted by atomic mass is 10.1. The van der Waals surface area contributed by atoms with Gasteiger partial charge in [-0.1, -0.05) is 29.8 Å². The minimum atomic E-state index is -3.92. The molecule has 1 heterocycles. The Bertz CT molecular complexity index is 797. The molecule has 8 nitrogen and oxygen atoms in total. The van der Waals surface area contributed by atoms with Crippen LogP contribution in [0.15, 0.2) is 33.6 Å². The summed E-state index contributed by atoms with van der Waals surface area (Å²) in [5.74, 6) is -1.48. The first-order chi connectivity index (χ1) is 13.1. The van der Waals surface area contributed by atoms with Crippen LogP contribution in [-0.2, 0) is 29.1 Å². The first kappa shape index (κ1) is 22.8. The van der Waals surface area contributed by atoms with E-state index >= 15 is 0 Å². The number of sulfonamides is 1. The van der Waals surface area contributed by atoms with E-state index in [9.17, 15) is 18.0 Å². The molecule has 1 aromatic carbocycles. The second-order valence-electron chi connectivity index (χ2n) is 6.93. The van der Waals surface area contributed by atoms with Crippen molar-refractivity contribution in [3.63, 3.8) is 0 Å². The van der Waals surface area contributed by atoms with E-state index in [1.165, 1.54) is 12.1 Å². The average Bonchev–Trinajstić information content (AvgIpc) is 2.64. The van der Waals surface area contributed by atoms with Gasteiger partial charge in [-0.15, -0.1) is 0 Å². The van der Waals surface area contributed by atoms with E-state index < -0.39 is 28.6 Å². The molecule has 1 amide bonds. The normalized spacial score (nSPS) is 18.8. The van der Waals surface area contributed by atoms with Crippen LogP contribution in [0.1, 0.15) is 20.8 Å². The maximum Gasteiger partial charge on any atom is 0.324 e. The molecule has 1 saturated heterocycles. The Morgan fingerprint density at radius 3 is 2.54 bits per heavy atom. The van der Waals surface area contributed by atoms with Crippen LogP contribution >= 0.6 is 15.9 Å². The highest BCUT2D eigenvalue weighted by atomic mass is 79.9. The lowest BCUT2D eigenvalue weighted by molar-refractivity contribution is -0.156. The summed E-state index contributed by atoms with van der Waals surface area (Å²) in [6.07, 6.45) is -0.0745. The predicted octanol–water partition coefficient (Wildman–Crippen LogP) is 1.54. The van der Waals surface area contributed by atoms with E-state index in [1.54, 1.807) is 30.9 Å². The van der Waals surface area contributed by atoms with Crippen LogP contribution in [0.3, 0.4) is 0 Å². The van der Waals surface area contributed by atoms with Gasteiger partial charge in [-0.2, -0.15) is 4.72 Å². The number of ether oxygens (including phenoxy) is 2. The SMILES string of the molecule is CC1CN(C(=O)COC(=O)[C@@H](NS(=O)(=O)c2ccc(Br)cc2)C(C)C)CCO1. The first-order valence-electron chi connectivity index (χ1n) is 8.94. The highest BCUT2D eigenvalue weighted by Crippen LogP contribution is 2.16. The number of esters is 1. The molecule has 28 heavy (non-hydrogen) atoms. The lowest BCUT2D eigenvalue weighted by Crippen LogP contribution is -2.48. The monoisotopic (exact) mass is 476 g/mol. The molecular formula is C18H25BrN2O6S. The quantitative estimate of drug-likeness (QED) is 0.598. The van der Waals surface area contributed by atoms with E-state index in [0.717, 1.165) is 4.47 Å². The van der Waals surface area contributed by atoms with Crippen molar-refractivity contribution in [2.75, 3.05) is 26.3 Å². The number of hydrogen-bond acceptors (Lipinski definition) is 6. The molecule has 2 rings (SSSR count). The maximum atomic E-state index is 12.6. The van der Waals surface area contributed by atoms with Gasteiger partial charge >= 0.3 is 5.97 Å². The molecule has 0 spiro atoms. The number of amides is 1. The van der Waals surface area contributed by atoms with Gasteiger partial charge in [-0.05, 0) is 37.1 Å². The van der Waals surface area contributed by atoms with Crippen molar-refractivity contribution in [1.82, 2.24) is 9.62 Å². The Balaban J connectivity index is 1.99. The largest absolute Gasteiger partial charge is 0.454 e. The molecule has 0 bridgehead atoms. The van der Waals surface area contributed by atoms with Crippen molar-refractivity contribution in [2.24, 2.45) is 5.92 Å². The minimum absolute atomic E-state index is 0.0348. The zero-order valence-corrected chi connectivity index (χ0v) is 18.5. The number of nitrogens with one attached hydrogen (secondary N) is 1. The zero-order chi connectivity index (χ0) is 20.9. The van der Waals surface area contributed by atoms with E-state index in [-0.39, 0.29) is 22.8 Å². The molecule has 1 unspecified atom stereocenters. The van der Waals surface area contributed by atoms with Crippen LogP contribution in [0.4, 0.5) is 0 Å². The summed E-state index contributed by atoms with van der Waals surface area (Å²) >= 11 is 3.25. The highest BCUT2D eigenvalue weighted by molar-refractivity contribution is 9.10. The van der Waals surface area contributed by atoms with Crippen molar-refractivity contribution in [1.29, 1.82) is 0 Å². The molecule has 2 atom stereocenters. The van der Waals surface area contributed by atoms with E-state index in [2.05, 4.69) is 20.7 Å². The van der Waals surface area contributed by atoms with Crippen LogP contribution in [0.25, 0.3) is 0 Å². The molecule has 1 aromatic rings. The third-order valence-electron chi connectivity index (χ3n) is 4.26. The molecule has 0 aliphatic carbocycles. The van der Waals surface area contributed by atoms with Gasteiger partial charge in [0, 0.05) is 17.6 Å². The summed E-state index contributed by atoms with van der Waals surface area (Å²) in [5, 5.41) is 0. The van der Waals surface area contributed by atoms with Crippen molar-refractivity contribution in [3.8, 4) is 0 Å². The molecule has 1 N–H and O–H groups in total. The van der Waals surface area contributed by atoms with Gasteiger partial charge < -0.3 is 14.4 Å². The molecular weight excluding hydrogens is 452 g/mol. The summed E-state index contributed by atoms with van der Waals surface area (Å²) in [6, 6.07) is 4.94. The van der Waals surface area contributed by atoms with Crippen molar-refractivity contribution < 1.29 is 27.5 Å². The van der Waals surface area contributed by atoms with E-state index in [1.807, 2.05) is 6.92 Å². The van der Waals surface area contributed by atoms with Gasteiger partial charge in [0.2, 0.25) is 10.0 Å². The molecule has 156 valence electrons. The van der Waals surface area contributed by atoms with E-state index in [0.29, 0.717) is 19.7 Å². The van der Waals surface area contributed by atoms with Crippen LogP contribution < -0.4 is 4.72 Å². The number of benzene rings is 1. The van der Waals surface area contributed by atoms with Gasteiger partial charge in [-0.3, -0.25) is 9.59 Å². The molecule has 10 heteroatoms. The van der Waals surface area contributed by atoms with Gasteiger partial charge in [0.05, 0.1) is 17.6 Å². The lowest BCUT2D eigenvalue weighted by Gasteiger charge is -2.31. The number of halogens is 1. The minimum Gasteiger partial charge on any atom is -0.454 e. The van der Waals surface area contributed by atoms with Crippen LogP contribution in [0.5, 0.6) is 0 Å². The number of hydrogen-bond donors (Lipinski definition) is 1. The topological polar surface area (TPSA) is 102 Å². The van der Waals surface area contributed by atoms with Gasteiger partial charge in [-0.25, -0.2) is 8.42 Å².